The van der Waals surface area contributed by atoms with Crippen LogP contribution in [0, 0.1) is 11.3 Å². The number of hydrogen-bond acceptors (Lipinski definition) is 3. The third-order valence-corrected chi connectivity index (χ3v) is 1.89. The molecule has 0 amide bonds. The Bertz CT molecular complexity index is 355. The van der Waals surface area contributed by atoms with Crippen LogP contribution in [0.2, 0.25) is 0 Å². The Kier molecular flexibility index (Phi) is 3.84. The molecule has 0 N–H and O–H groups in total. The Morgan fingerprint density at radius 2 is 2.36 bits per heavy atom. The van der Waals surface area contributed by atoms with Gasteiger partial charge < -0.3 is 4.79 Å². The zero-order valence-corrected chi connectivity index (χ0v) is 8.10. The van der Waals surface area contributed by atoms with E-state index in [4.69, 9.17) is 5.26 Å². The second kappa shape index (κ2) is 5.15. The summed E-state index contributed by atoms with van der Waals surface area (Å²) in [7, 11) is 1.87. The molecule has 3 heteroatoms. The van der Waals surface area contributed by atoms with E-state index < -0.39 is 0 Å². The first-order valence-electron chi connectivity index (χ1n) is 4.37. The Morgan fingerprint density at radius 3 is 3.00 bits per heavy atom. The summed E-state index contributed by atoms with van der Waals surface area (Å²) in [6.45, 7) is 1.10. The van der Waals surface area contributed by atoms with Gasteiger partial charge in [0.25, 0.3) is 0 Å². The molecule has 0 fully saturated rings. The number of carbonyl (C=O) groups is 1. The summed E-state index contributed by atoms with van der Waals surface area (Å²) in [5.41, 5.74) is 1.70. The average Bonchev–Trinajstić information content (AvgIpc) is 2.18. The topological polar surface area (TPSA) is 44.1 Å². The highest BCUT2D eigenvalue weighted by Gasteiger charge is 1.99. The summed E-state index contributed by atoms with van der Waals surface area (Å²) < 4.78 is 0. The van der Waals surface area contributed by atoms with E-state index in [0.29, 0.717) is 18.7 Å². The van der Waals surface area contributed by atoms with Crippen molar-refractivity contribution in [3.8, 4) is 6.07 Å². The first-order chi connectivity index (χ1) is 6.76. The van der Waals surface area contributed by atoms with Crippen molar-refractivity contribution >= 4 is 6.29 Å². The van der Waals surface area contributed by atoms with Gasteiger partial charge in [0.05, 0.1) is 18.2 Å². The minimum atomic E-state index is 0.413. The van der Waals surface area contributed by atoms with Crippen LogP contribution in [0.3, 0.4) is 0 Å². The van der Waals surface area contributed by atoms with Crippen LogP contribution in [0.5, 0.6) is 0 Å². The van der Waals surface area contributed by atoms with Gasteiger partial charge in [0.15, 0.2) is 0 Å². The van der Waals surface area contributed by atoms with E-state index in [2.05, 4.69) is 6.07 Å². The van der Waals surface area contributed by atoms with Crippen LogP contribution >= 0.6 is 0 Å². The fourth-order valence-electron chi connectivity index (χ4n) is 1.24. The van der Waals surface area contributed by atoms with Crippen LogP contribution < -0.4 is 0 Å². The Hall–Kier alpha value is -1.66. The van der Waals surface area contributed by atoms with Gasteiger partial charge in [-0.15, -0.1) is 0 Å². The normalized spacial score (nSPS) is 9.79. The minimum Gasteiger partial charge on any atom is -0.302 e. The summed E-state index contributed by atoms with van der Waals surface area (Å²) in [5, 5.41) is 8.68. The molecule has 0 aliphatic carbocycles. The molecule has 0 radical (unpaired) electrons. The molecular weight excluding hydrogens is 176 g/mol. The summed E-state index contributed by atoms with van der Waals surface area (Å²) >= 11 is 0. The maximum atomic E-state index is 10.2. The smallest absolute Gasteiger partial charge is 0.133 e. The molecule has 0 heterocycles. The van der Waals surface area contributed by atoms with Gasteiger partial charge in [0.2, 0.25) is 0 Å². The number of benzene rings is 1. The number of rotatable bonds is 4. The maximum Gasteiger partial charge on any atom is 0.133 e. The molecule has 72 valence electrons. The second-order valence-electron chi connectivity index (χ2n) is 3.18. The quantitative estimate of drug-likeness (QED) is 0.666. The molecule has 0 atom stereocenters. The lowest BCUT2D eigenvalue weighted by Crippen LogP contribution is -2.19. The third-order valence-electron chi connectivity index (χ3n) is 1.89. The predicted molar refractivity (Wildman–Crippen MR) is 53.6 cm³/mol. The molecule has 3 nitrogen and oxygen atoms in total. The second-order valence-corrected chi connectivity index (χ2v) is 3.18. The summed E-state index contributed by atoms with van der Waals surface area (Å²) in [4.78, 5) is 12.1. The molecule has 0 aliphatic rings. The van der Waals surface area contributed by atoms with E-state index in [9.17, 15) is 4.79 Å². The van der Waals surface area contributed by atoms with E-state index in [1.807, 2.05) is 30.1 Å². The number of carbonyl (C=O) groups excluding carboxylic acids is 1. The number of nitriles is 1. The van der Waals surface area contributed by atoms with Crippen LogP contribution in [-0.4, -0.2) is 24.8 Å². The summed E-state index contributed by atoms with van der Waals surface area (Å²) in [6, 6.07) is 9.48. The van der Waals surface area contributed by atoms with Crippen molar-refractivity contribution in [2.45, 2.75) is 6.54 Å². The van der Waals surface area contributed by atoms with Crippen molar-refractivity contribution in [2.75, 3.05) is 13.6 Å². The van der Waals surface area contributed by atoms with Gasteiger partial charge in [0.1, 0.15) is 6.29 Å². The molecule has 1 aromatic carbocycles. The Morgan fingerprint density at radius 1 is 1.57 bits per heavy atom. The largest absolute Gasteiger partial charge is 0.302 e. The lowest BCUT2D eigenvalue weighted by Gasteiger charge is -2.12. The molecule has 1 aromatic rings. The van der Waals surface area contributed by atoms with Crippen LogP contribution in [0.1, 0.15) is 11.1 Å². The molecule has 0 unspecified atom stereocenters. The lowest BCUT2D eigenvalue weighted by atomic mass is 10.1. The predicted octanol–water partition coefficient (Wildman–Crippen LogP) is 1.19. The number of likely N-dealkylation sites (N-methyl/N-ethyl adjacent to an activating group) is 1. The van der Waals surface area contributed by atoms with Crippen molar-refractivity contribution in [1.29, 1.82) is 5.26 Å². The fourth-order valence-corrected chi connectivity index (χ4v) is 1.24. The first kappa shape index (κ1) is 10.4. The third kappa shape index (κ3) is 3.00. The van der Waals surface area contributed by atoms with E-state index in [1.165, 1.54) is 0 Å². The fraction of sp³-hybridized carbons (Fsp3) is 0.273. The Labute approximate surface area is 83.6 Å². The molecule has 0 aliphatic heterocycles. The van der Waals surface area contributed by atoms with Crippen LogP contribution in [-0.2, 0) is 11.3 Å². The minimum absolute atomic E-state index is 0.413. The molecule has 0 bridgehead atoms. The van der Waals surface area contributed by atoms with Crippen molar-refractivity contribution in [1.82, 2.24) is 4.90 Å². The van der Waals surface area contributed by atoms with Gasteiger partial charge in [-0.05, 0) is 24.7 Å². The number of hydrogen-bond donors (Lipinski definition) is 0. The van der Waals surface area contributed by atoms with Crippen LogP contribution in [0.4, 0.5) is 0 Å². The van der Waals surface area contributed by atoms with Gasteiger partial charge in [0, 0.05) is 6.54 Å². The highest BCUT2D eigenvalue weighted by atomic mass is 16.1. The van der Waals surface area contributed by atoms with Crippen molar-refractivity contribution in [3.63, 3.8) is 0 Å². The monoisotopic (exact) mass is 188 g/mol. The number of nitrogens with zero attached hydrogens (tertiary/aromatic N) is 2. The van der Waals surface area contributed by atoms with Crippen LogP contribution in [0.25, 0.3) is 0 Å². The van der Waals surface area contributed by atoms with Gasteiger partial charge in [-0.2, -0.15) is 5.26 Å². The molecular formula is C11H12N2O. The first-order valence-corrected chi connectivity index (χ1v) is 4.37. The highest BCUT2D eigenvalue weighted by Crippen LogP contribution is 2.06. The van der Waals surface area contributed by atoms with Gasteiger partial charge in [-0.1, -0.05) is 12.1 Å². The Balaban J connectivity index is 2.67. The molecule has 0 saturated heterocycles. The van der Waals surface area contributed by atoms with Crippen LogP contribution in [0.15, 0.2) is 24.3 Å². The van der Waals surface area contributed by atoms with Crippen molar-refractivity contribution in [3.05, 3.63) is 35.4 Å². The van der Waals surface area contributed by atoms with E-state index in [1.54, 1.807) is 6.07 Å². The maximum absolute atomic E-state index is 10.2. The summed E-state index contributed by atoms with van der Waals surface area (Å²) in [6.07, 6.45) is 0.869. The molecule has 0 saturated carbocycles. The van der Waals surface area contributed by atoms with E-state index >= 15 is 0 Å². The zero-order chi connectivity index (χ0) is 10.4. The molecule has 14 heavy (non-hydrogen) atoms. The van der Waals surface area contributed by atoms with Gasteiger partial charge >= 0.3 is 0 Å². The van der Waals surface area contributed by atoms with E-state index in [0.717, 1.165) is 11.8 Å². The van der Waals surface area contributed by atoms with Crippen molar-refractivity contribution < 1.29 is 4.79 Å². The molecule has 1 rings (SSSR count). The van der Waals surface area contributed by atoms with Gasteiger partial charge in [-0.3, -0.25) is 4.90 Å². The van der Waals surface area contributed by atoms with E-state index in [-0.39, 0.29) is 0 Å². The van der Waals surface area contributed by atoms with Gasteiger partial charge in [-0.25, -0.2) is 0 Å². The lowest BCUT2D eigenvalue weighted by molar-refractivity contribution is -0.108. The highest BCUT2D eigenvalue weighted by molar-refractivity contribution is 5.51. The average molecular weight is 188 g/mol. The summed E-state index contributed by atoms with van der Waals surface area (Å²) in [5.74, 6) is 0. The molecule has 0 aromatic heterocycles. The van der Waals surface area contributed by atoms with Crippen molar-refractivity contribution in [2.24, 2.45) is 0 Å². The molecule has 0 spiro atoms. The zero-order valence-electron chi connectivity index (χ0n) is 8.10. The SMILES string of the molecule is CN(CC=O)Cc1cccc(C#N)c1. The standard InChI is InChI=1S/C11H12N2O/c1-13(5-6-14)9-11-4-2-3-10(7-11)8-12/h2-4,6-7H,5,9H2,1H3. The number of aldehydes is 1.